The van der Waals surface area contributed by atoms with Crippen LogP contribution in [0.3, 0.4) is 0 Å². The molecule has 0 aromatic carbocycles. The molecule has 0 bridgehead atoms. The third-order valence-electron chi connectivity index (χ3n) is 3.24. The fourth-order valence-corrected chi connectivity index (χ4v) is 2.34. The third-order valence-corrected chi connectivity index (χ3v) is 3.24. The summed E-state index contributed by atoms with van der Waals surface area (Å²) in [6, 6.07) is 4.18. The van der Waals surface area contributed by atoms with Crippen LogP contribution in [-0.2, 0) is 13.0 Å². The van der Waals surface area contributed by atoms with E-state index in [0.717, 1.165) is 35.7 Å². The van der Waals surface area contributed by atoms with Gasteiger partial charge in [0.15, 0.2) is 0 Å². The summed E-state index contributed by atoms with van der Waals surface area (Å²) in [7, 11) is 0. The SMILES string of the molecule is CCn1ccnc1CC(NN)c1cc(C)nc(C)c1. The summed E-state index contributed by atoms with van der Waals surface area (Å²) in [6.07, 6.45) is 4.58. The van der Waals surface area contributed by atoms with E-state index in [1.807, 2.05) is 26.2 Å². The second kappa shape index (κ2) is 5.95. The Morgan fingerprint density at radius 2 is 2.00 bits per heavy atom. The van der Waals surface area contributed by atoms with Gasteiger partial charge in [0.25, 0.3) is 0 Å². The molecular formula is C14H21N5. The van der Waals surface area contributed by atoms with Crippen LogP contribution in [0.2, 0.25) is 0 Å². The maximum Gasteiger partial charge on any atom is 0.110 e. The van der Waals surface area contributed by atoms with Crippen LogP contribution in [0.5, 0.6) is 0 Å². The second-order valence-electron chi connectivity index (χ2n) is 4.74. The molecule has 2 heterocycles. The van der Waals surface area contributed by atoms with Gasteiger partial charge >= 0.3 is 0 Å². The summed E-state index contributed by atoms with van der Waals surface area (Å²) in [5.41, 5.74) is 6.05. The van der Waals surface area contributed by atoms with Gasteiger partial charge < -0.3 is 4.57 Å². The lowest BCUT2D eigenvalue weighted by Crippen LogP contribution is -2.30. The van der Waals surface area contributed by atoms with Crippen molar-refractivity contribution < 1.29 is 0 Å². The van der Waals surface area contributed by atoms with Crippen LogP contribution in [0, 0.1) is 13.8 Å². The number of hydrogen-bond donors (Lipinski definition) is 2. The average Bonchev–Trinajstić information content (AvgIpc) is 2.81. The van der Waals surface area contributed by atoms with E-state index in [2.05, 4.69) is 39.0 Å². The Kier molecular flexibility index (Phi) is 4.29. The van der Waals surface area contributed by atoms with Gasteiger partial charge in [0.1, 0.15) is 5.82 Å². The highest BCUT2D eigenvalue weighted by atomic mass is 15.2. The molecular weight excluding hydrogens is 238 g/mol. The molecule has 5 heteroatoms. The van der Waals surface area contributed by atoms with Crippen molar-refractivity contribution in [3.05, 3.63) is 47.3 Å². The molecule has 3 N–H and O–H groups in total. The van der Waals surface area contributed by atoms with E-state index in [9.17, 15) is 0 Å². The van der Waals surface area contributed by atoms with Crippen molar-refractivity contribution >= 4 is 0 Å². The molecule has 0 saturated carbocycles. The lowest BCUT2D eigenvalue weighted by molar-refractivity contribution is 0.522. The maximum absolute atomic E-state index is 5.71. The van der Waals surface area contributed by atoms with E-state index in [1.165, 1.54) is 0 Å². The minimum absolute atomic E-state index is 0.0492. The quantitative estimate of drug-likeness (QED) is 0.633. The number of aryl methyl sites for hydroxylation is 3. The predicted molar refractivity (Wildman–Crippen MR) is 75.4 cm³/mol. The van der Waals surface area contributed by atoms with Crippen molar-refractivity contribution in [1.29, 1.82) is 0 Å². The molecule has 102 valence electrons. The first-order chi connectivity index (χ1) is 9.13. The highest BCUT2D eigenvalue weighted by Crippen LogP contribution is 2.18. The fourth-order valence-electron chi connectivity index (χ4n) is 2.34. The van der Waals surface area contributed by atoms with E-state index in [-0.39, 0.29) is 6.04 Å². The first kappa shape index (κ1) is 13.7. The molecule has 2 rings (SSSR count). The first-order valence-corrected chi connectivity index (χ1v) is 6.55. The fraction of sp³-hybridized carbons (Fsp3) is 0.429. The largest absolute Gasteiger partial charge is 0.335 e. The van der Waals surface area contributed by atoms with Crippen LogP contribution in [0.25, 0.3) is 0 Å². The highest BCUT2D eigenvalue weighted by Gasteiger charge is 2.14. The van der Waals surface area contributed by atoms with Crippen molar-refractivity contribution in [2.45, 2.75) is 39.8 Å². The van der Waals surface area contributed by atoms with Crippen LogP contribution >= 0.6 is 0 Å². The van der Waals surface area contributed by atoms with Crippen LogP contribution in [0.1, 0.15) is 35.7 Å². The van der Waals surface area contributed by atoms with E-state index in [1.54, 1.807) is 0 Å². The predicted octanol–water partition coefficient (Wildman–Crippen LogP) is 1.66. The summed E-state index contributed by atoms with van der Waals surface area (Å²) in [5.74, 6) is 6.75. The van der Waals surface area contributed by atoms with Crippen molar-refractivity contribution in [3.63, 3.8) is 0 Å². The zero-order valence-electron chi connectivity index (χ0n) is 11.7. The van der Waals surface area contributed by atoms with Gasteiger partial charge in [-0.25, -0.2) is 4.98 Å². The zero-order valence-corrected chi connectivity index (χ0v) is 11.7. The molecule has 0 aliphatic carbocycles. The van der Waals surface area contributed by atoms with Crippen LogP contribution in [0.4, 0.5) is 0 Å². The average molecular weight is 259 g/mol. The molecule has 0 fully saturated rings. The van der Waals surface area contributed by atoms with Crippen LogP contribution in [-0.4, -0.2) is 14.5 Å². The molecule has 2 aromatic heterocycles. The van der Waals surface area contributed by atoms with Gasteiger partial charge in [-0.05, 0) is 38.5 Å². The van der Waals surface area contributed by atoms with Crippen LogP contribution < -0.4 is 11.3 Å². The molecule has 1 atom stereocenters. The number of nitrogens with zero attached hydrogens (tertiary/aromatic N) is 3. The van der Waals surface area contributed by atoms with Crippen molar-refractivity contribution in [2.24, 2.45) is 5.84 Å². The van der Waals surface area contributed by atoms with E-state index >= 15 is 0 Å². The molecule has 5 nitrogen and oxygen atoms in total. The summed E-state index contributed by atoms with van der Waals surface area (Å²) in [4.78, 5) is 8.79. The lowest BCUT2D eigenvalue weighted by atomic mass is 10.0. The van der Waals surface area contributed by atoms with Gasteiger partial charge in [0, 0.05) is 36.7 Å². The van der Waals surface area contributed by atoms with E-state index < -0.39 is 0 Å². The van der Waals surface area contributed by atoms with Gasteiger partial charge in [-0.1, -0.05) is 0 Å². The molecule has 2 aromatic rings. The van der Waals surface area contributed by atoms with Gasteiger partial charge in [0.05, 0.1) is 6.04 Å². The molecule has 0 radical (unpaired) electrons. The Labute approximate surface area is 113 Å². The smallest absolute Gasteiger partial charge is 0.110 e. The number of rotatable bonds is 5. The molecule has 1 unspecified atom stereocenters. The Morgan fingerprint density at radius 3 is 2.58 bits per heavy atom. The minimum Gasteiger partial charge on any atom is -0.335 e. The number of aromatic nitrogens is 3. The minimum atomic E-state index is 0.0492. The number of hydrogen-bond acceptors (Lipinski definition) is 4. The Bertz CT molecular complexity index is 526. The lowest BCUT2D eigenvalue weighted by Gasteiger charge is -2.17. The van der Waals surface area contributed by atoms with Gasteiger partial charge in [-0.2, -0.15) is 0 Å². The van der Waals surface area contributed by atoms with Gasteiger partial charge in [-0.3, -0.25) is 16.3 Å². The second-order valence-corrected chi connectivity index (χ2v) is 4.74. The number of pyridine rings is 1. The first-order valence-electron chi connectivity index (χ1n) is 6.55. The normalized spacial score (nSPS) is 12.6. The topological polar surface area (TPSA) is 68.8 Å². The molecule has 19 heavy (non-hydrogen) atoms. The maximum atomic E-state index is 5.71. The molecule has 0 amide bonds. The number of hydrazine groups is 1. The number of nitrogens with two attached hydrogens (primary N) is 1. The molecule has 0 aliphatic heterocycles. The Balaban J connectivity index is 2.25. The Morgan fingerprint density at radius 1 is 1.32 bits per heavy atom. The van der Waals surface area contributed by atoms with Crippen molar-refractivity contribution in [1.82, 2.24) is 20.0 Å². The van der Waals surface area contributed by atoms with Gasteiger partial charge in [0.2, 0.25) is 0 Å². The zero-order chi connectivity index (χ0) is 13.8. The van der Waals surface area contributed by atoms with Crippen molar-refractivity contribution in [2.75, 3.05) is 0 Å². The standard InChI is InChI=1S/C14H21N5/c1-4-19-6-5-16-14(19)9-13(18-15)12-7-10(2)17-11(3)8-12/h5-8,13,18H,4,9,15H2,1-3H3. The molecule has 0 saturated heterocycles. The summed E-state index contributed by atoms with van der Waals surface area (Å²) in [5, 5.41) is 0. The van der Waals surface area contributed by atoms with E-state index in [0.29, 0.717) is 0 Å². The third kappa shape index (κ3) is 3.19. The number of imidazole rings is 1. The number of nitrogens with one attached hydrogen (secondary N) is 1. The Hall–Kier alpha value is -1.72. The van der Waals surface area contributed by atoms with Crippen LogP contribution in [0.15, 0.2) is 24.5 Å². The summed E-state index contributed by atoms with van der Waals surface area (Å²) < 4.78 is 2.13. The van der Waals surface area contributed by atoms with E-state index in [4.69, 9.17) is 5.84 Å². The van der Waals surface area contributed by atoms with Gasteiger partial charge in [-0.15, -0.1) is 0 Å². The molecule has 0 spiro atoms. The summed E-state index contributed by atoms with van der Waals surface area (Å²) >= 11 is 0. The molecule has 0 aliphatic rings. The van der Waals surface area contributed by atoms with Crippen molar-refractivity contribution in [3.8, 4) is 0 Å². The summed E-state index contributed by atoms with van der Waals surface area (Å²) in [6.45, 7) is 7.02. The monoisotopic (exact) mass is 259 g/mol. The highest BCUT2D eigenvalue weighted by molar-refractivity contribution is 5.24.